The molecule has 3 rings (SSSR count). The van der Waals surface area contributed by atoms with Crippen LogP contribution >= 0.6 is 0 Å². The van der Waals surface area contributed by atoms with Crippen molar-refractivity contribution in [3.63, 3.8) is 0 Å². The summed E-state index contributed by atoms with van der Waals surface area (Å²) in [5.41, 5.74) is 2.79. The highest BCUT2D eigenvalue weighted by atomic mass is 16.2. The predicted octanol–water partition coefficient (Wildman–Crippen LogP) is 2.87. The van der Waals surface area contributed by atoms with Gasteiger partial charge in [0.15, 0.2) is 5.65 Å². The second-order valence-electron chi connectivity index (χ2n) is 6.85. The van der Waals surface area contributed by atoms with E-state index in [1.165, 1.54) is 12.8 Å². The third-order valence-corrected chi connectivity index (χ3v) is 4.72. The van der Waals surface area contributed by atoms with Crippen molar-refractivity contribution in [2.75, 3.05) is 18.4 Å². The molecule has 24 heavy (non-hydrogen) atoms. The lowest BCUT2D eigenvalue weighted by molar-refractivity contribution is -0.131. The van der Waals surface area contributed by atoms with E-state index in [1.54, 1.807) is 4.68 Å². The Kier molecular flexibility index (Phi) is 5.02. The molecule has 0 spiro atoms. The number of likely N-dealkylation sites (tertiary alicyclic amines) is 1. The average molecular weight is 329 g/mol. The number of anilines is 1. The minimum atomic E-state index is 0.0805. The minimum Gasteiger partial charge on any atom is -0.381 e. The summed E-state index contributed by atoms with van der Waals surface area (Å²) >= 11 is 0. The van der Waals surface area contributed by atoms with Gasteiger partial charge in [-0.15, -0.1) is 0 Å². The summed E-state index contributed by atoms with van der Waals surface area (Å²) in [5, 5.41) is 8.85. The minimum absolute atomic E-state index is 0.0805. The zero-order valence-electron chi connectivity index (χ0n) is 14.9. The molecular formula is C18H27N5O. The summed E-state index contributed by atoms with van der Waals surface area (Å²) in [4.78, 5) is 19.0. The molecular weight excluding hydrogens is 302 g/mol. The van der Waals surface area contributed by atoms with Gasteiger partial charge in [-0.25, -0.2) is 4.98 Å². The first kappa shape index (κ1) is 16.7. The third-order valence-electron chi connectivity index (χ3n) is 4.72. The van der Waals surface area contributed by atoms with Crippen LogP contribution in [0.4, 0.5) is 5.69 Å². The van der Waals surface area contributed by atoms with Gasteiger partial charge in [-0.3, -0.25) is 9.48 Å². The number of aromatic nitrogens is 3. The van der Waals surface area contributed by atoms with E-state index in [1.807, 2.05) is 25.1 Å². The Hall–Kier alpha value is -2.11. The van der Waals surface area contributed by atoms with Crippen LogP contribution in [0.25, 0.3) is 11.0 Å². The molecule has 1 saturated heterocycles. The number of hydrogen-bond acceptors (Lipinski definition) is 4. The van der Waals surface area contributed by atoms with Crippen LogP contribution in [0.15, 0.2) is 12.3 Å². The zero-order chi connectivity index (χ0) is 17.1. The molecule has 1 fully saturated rings. The summed E-state index contributed by atoms with van der Waals surface area (Å²) < 4.78 is 1.79. The molecule has 3 heterocycles. The Morgan fingerprint density at radius 2 is 2.00 bits per heavy atom. The number of carbonyl (C=O) groups is 1. The lowest BCUT2D eigenvalue weighted by atomic mass is 10.2. The van der Waals surface area contributed by atoms with Crippen LogP contribution < -0.4 is 5.32 Å². The first-order chi connectivity index (χ1) is 11.5. The van der Waals surface area contributed by atoms with Gasteiger partial charge in [0.05, 0.1) is 17.6 Å². The van der Waals surface area contributed by atoms with E-state index in [4.69, 9.17) is 0 Å². The molecule has 130 valence electrons. The summed E-state index contributed by atoms with van der Waals surface area (Å²) in [7, 11) is 1.90. The Morgan fingerprint density at radius 3 is 2.71 bits per heavy atom. The molecule has 1 atom stereocenters. The van der Waals surface area contributed by atoms with Crippen LogP contribution in [0.1, 0.15) is 44.7 Å². The molecule has 1 N–H and O–H groups in total. The van der Waals surface area contributed by atoms with Gasteiger partial charge >= 0.3 is 0 Å². The standard InChI is InChI=1S/C18H27N5O/c1-13(10-17(24)23-8-6-4-5-7-9-23)20-15-11-16-14(2)21-22(3)18(16)19-12-15/h11-13,20H,4-10H2,1-3H3. The van der Waals surface area contributed by atoms with Crippen molar-refractivity contribution in [3.05, 3.63) is 18.0 Å². The van der Waals surface area contributed by atoms with Gasteiger partial charge in [0.25, 0.3) is 0 Å². The molecule has 6 nitrogen and oxygen atoms in total. The molecule has 0 bridgehead atoms. The zero-order valence-corrected chi connectivity index (χ0v) is 14.9. The predicted molar refractivity (Wildman–Crippen MR) is 96.0 cm³/mol. The molecule has 1 unspecified atom stereocenters. The molecule has 0 saturated carbocycles. The Morgan fingerprint density at radius 1 is 1.29 bits per heavy atom. The molecule has 1 amide bonds. The van der Waals surface area contributed by atoms with E-state index in [9.17, 15) is 4.79 Å². The van der Waals surface area contributed by atoms with Crippen LogP contribution in [0, 0.1) is 6.92 Å². The van der Waals surface area contributed by atoms with Crippen LogP contribution in [-0.2, 0) is 11.8 Å². The van der Waals surface area contributed by atoms with Gasteiger partial charge in [0.1, 0.15) is 0 Å². The molecule has 2 aromatic rings. The highest BCUT2D eigenvalue weighted by molar-refractivity contribution is 5.82. The van der Waals surface area contributed by atoms with Crippen molar-refractivity contribution in [3.8, 4) is 0 Å². The van der Waals surface area contributed by atoms with Crippen molar-refractivity contribution in [1.82, 2.24) is 19.7 Å². The van der Waals surface area contributed by atoms with E-state index in [2.05, 4.69) is 28.4 Å². The number of rotatable bonds is 4. The summed E-state index contributed by atoms with van der Waals surface area (Å²) in [5.74, 6) is 0.253. The number of aryl methyl sites for hydroxylation is 2. The SMILES string of the molecule is Cc1nn(C)c2ncc(NC(C)CC(=O)N3CCCCCC3)cc12. The van der Waals surface area contributed by atoms with Crippen LogP contribution in [-0.4, -0.2) is 44.7 Å². The van der Waals surface area contributed by atoms with Crippen LogP contribution in [0.5, 0.6) is 0 Å². The van der Waals surface area contributed by atoms with Crippen LogP contribution in [0.3, 0.4) is 0 Å². The van der Waals surface area contributed by atoms with Gasteiger partial charge in [0.2, 0.25) is 5.91 Å². The van der Waals surface area contributed by atoms with Crippen molar-refractivity contribution in [2.45, 2.75) is 52.0 Å². The number of hydrogen-bond donors (Lipinski definition) is 1. The van der Waals surface area contributed by atoms with E-state index >= 15 is 0 Å². The maximum Gasteiger partial charge on any atom is 0.224 e. The molecule has 0 aliphatic carbocycles. The van der Waals surface area contributed by atoms with Gasteiger partial charge in [0, 0.05) is 38.0 Å². The Balaban J connectivity index is 1.62. The van der Waals surface area contributed by atoms with E-state index in [0.717, 1.165) is 48.3 Å². The number of fused-ring (bicyclic) bond motifs is 1. The van der Waals surface area contributed by atoms with Crippen molar-refractivity contribution in [1.29, 1.82) is 0 Å². The lowest BCUT2D eigenvalue weighted by Crippen LogP contribution is -2.35. The molecule has 1 aliphatic rings. The maximum atomic E-state index is 12.5. The van der Waals surface area contributed by atoms with Gasteiger partial charge in [-0.1, -0.05) is 12.8 Å². The van der Waals surface area contributed by atoms with E-state index in [-0.39, 0.29) is 11.9 Å². The van der Waals surface area contributed by atoms with Crippen molar-refractivity contribution < 1.29 is 4.79 Å². The fraction of sp³-hybridized carbons (Fsp3) is 0.611. The Labute approximate surface area is 143 Å². The topological polar surface area (TPSA) is 63.1 Å². The molecule has 2 aromatic heterocycles. The van der Waals surface area contributed by atoms with Crippen molar-refractivity contribution in [2.24, 2.45) is 7.05 Å². The number of pyridine rings is 1. The fourth-order valence-corrected chi connectivity index (χ4v) is 3.43. The fourth-order valence-electron chi connectivity index (χ4n) is 3.43. The first-order valence-electron chi connectivity index (χ1n) is 8.88. The van der Waals surface area contributed by atoms with Gasteiger partial charge in [-0.2, -0.15) is 5.10 Å². The molecule has 6 heteroatoms. The van der Waals surface area contributed by atoms with Crippen molar-refractivity contribution >= 4 is 22.6 Å². The normalized spacial score (nSPS) is 16.9. The largest absolute Gasteiger partial charge is 0.381 e. The number of amides is 1. The highest BCUT2D eigenvalue weighted by Crippen LogP contribution is 2.20. The lowest BCUT2D eigenvalue weighted by Gasteiger charge is -2.23. The average Bonchev–Trinajstić information content (AvgIpc) is 2.74. The van der Waals surface area contributed by atoms with Gasteiger partial charge < -0.3 is 10.2 Å². The molecule has 1 aliphatic heterocycles. The summed E-state index contributed by atoms with van der Waals surface area (Å²) in [6, 6.07) is 2.15. The third kappa shape index (κ3) is 3.68. The van der Waals surface area contributed by atoms with E-state index < -0.39 is 0 Å². The highest BCUT2D eigenvalue weighted by Gasteiger charge is 2.18. The first-order valence-corrected chi connectivity index (χ1v) is 8.88. The summed E-state index contributed by atoms with van der Waals surface area (Å²) in [6.07, 6.45) is 7.09. The smallest absolute Gasteiger partial charge is 0.224 e. The monoisotopic (exact) mass is 329 g/mol. The second kappa shape index (κ2) is 7.20. The van der Waals surface area contributed by atoms with Gasteiger partial charge in [-0.05, 0) is 32.8 Å². The second-order valence-corrected chi connectivity index (χ2v) is 6.85. The molecule has 0 aromatic carbocycles. The number of nitrogens with zero attached hydrogens (tertiary/aromatic N) is 4. The molecule has 0 radical (unpaired) electrons. The van der Waals surface area contributed by atoms with E-state index in [0.29, 0.717) is 6.42 Å². The van der Waals surface area contributed by atoms with Crippen LogP contribution in [0.2, 0.25) is 0 Å². The number of carbonyl (C=O) groups excluding carboxylic acids is 1. The quantitative estimate of drug-likeness (QED) is 0.937. The summed E-state index contributed by atoms with van der Waals surface area (Å²) in [6.45, 7) is 5.86. The number of nitrogens with one attached hydrogen (secondary N) is 1. The maximum absolute atomic E-state index is 12.5. The Bertz CT molecular complexity index is 716.